The number of nitrogens with one attached hydrogen (secondary N) is 1. The van der Waals surface area contributed by atoms with Gasteiger partial charge < -0.3 is 15.0 Å². The molecule has 2 aromatic rings. The molecule has 126 valence electrons. The van der Waals surface area contributed by atoms with E-state index >= 15 is 0 Å². The van der Waals surface area contributed by atoms with Gasteiger partial charge in [-0.05, 0) is 50.8 Å². The Morgan fingerprint density at radius 1 is 1.38 bits per heavy atom. The SMILES string of the molecule is COc1ccc2c(CCN(C)C)cn(C(=O)C3=CNC=CC3)c2c1. The van der Waals surface area contributed by atoms with Gasteiger partial charge in [0.1, 0.15) is 5.75 Å². The summed E-state index contributed by atoms with van der Waals surface area (Å²) < 4.78 is 7.08. The molecule has 1 N–H and O–H groups in total. The molecule has 1 aromatic heterocycles. The average Bonchev–Trinajstić information content (AvgIpc) is 2.97. The van der Waals surface area contributed by atoms with Crippen LogP contribution in [0.25, 0.3) is 10.9 Å². The highest BCUT2D eigenvalue weighted by molar-refractivity contribution is 6.03. The van der Waals surface area contributed by atoms with Crippen molar-refractivity contribution in [1.29, 1.82) is 0 Å². The Hall–Kier alpha value is -2.53. The molecule has 0 aliphatic carbocycles. The van der Waals surface area contributed by atoms with E-state index in [4.69, 9.17) is 4.74 Å². The third-order valence-corrected chi connectivity index (χ3v) is 4.23. The molecule has 1 aliphatic heterocycles. The molecule has 0 unspecified atom stereocenters. The van der Waals surface area contributed by atoms with Gasteiger partial charge in [-0.25, -0.2) is 0 Å². The molecule has 0 fully saturated rings. The third-order valence-electron chi connectivity index (χ3n) is 4.23. The summed E-state index contributed by atoms with van der Waals surface area (Å²) in [5, 5.41) is 4.10. The van der Waals surface area contributed by atoms with Crippen molar-refractivity contribution in [1.82, 2.24) is 14.8 Å². The second-order valence-electron chi connectivity index (χ2n) is 6.21. The van der Waals surface area contributed by atoms with Crippen LogP contribution in [0.2, 0.25) is 0 Å². The van der Waals surface area contributed by atoms with E-state index in [0.29, 0.717) is 6.42 Å². The van der Waals surface area contributed by atoms with Crippen molar-refractivity contribution < 1.29 is 9.53 Å². The Balaban J connectivity index is 2.04. The van der Waals surface area contributed by atoms with Gasteiger partial charge >= 0.3 is 0 Å². The first-order valence-electron chi connectivity index (χ1n) is 8.07. The van der Waals surface area contributed by atoms with Crippen LogP contribution in [0.3, 0.4) is 0 Å². The summed E-state index contributed by atoms with van der Waals surface area (Å²) in [6.07, 6.45) is 9.07. The zero-order valence-corrected chi connectivity index (χ0v) is 14.4. The normalized spacial score (nSPS) is 13.9. The number of benzene rings is 1. The van der Waals surface area contributed by atoms with E-state index < -0.39 is 0 Å². The molecule has 0 saturated carbocycles. The minimum Gasteiger partial charge on any atom is -0.497 e. The van der Waals surface area contributed by atoms with E-state index in [1.807, 2.05) is 36.7 Å². The molecule has 0 bridgehead atoms. The van der Waals surface area contributed by atoms with E-state index in [1.165, 1.54) is 5.56 Å². The highest BCUT2D eigenvalue weighted by Gasteiger charge is 2.18. The molecule has 3 rings (SSSR count). The second-order valence-corrected chi connectivity index (χ2v) is 6.21. The van der Waals surface area contributed by atoms with Gasteiger partial charge in [-0.2, -0.15) is 0 Å². The predicted molar refractivity (Wildman–Crippen MR) is 96.4 cm³/mol. The lowest BCUT2D eigenvalue weighted by Gasteiger charge is -2.10. The highest BCUT2D eigenvalue weighted by atomic mass is 16.5. The molecule has 0 atom stereocenters. The number of allylic oxidation sites excluding steroid dienone is 2. The number of fused-ring (bicyclic) bond motifs is 1. The molecule has 5 nitrogen and oxygen atoms in total. The van der Waals surface area contributed by atoms with E-state index in [-0.39, 0.29) is 5.91 Å². The summed E-state index contributed by atoms with van der Waals surface area (Å²) in [7, 11) is 5.75. The Morgan fingerprint density at radius 3 is 2.88 bits per heavy atom. The number of carbonyl (C=O) groups excluding carboxylic acids is 1. The van der Waals surface area contributed by atoms with Crippen LogP contribution < -0.4 is 10.1 Å². The smallest absolute Gasteiger partial charge is 0.260 e. The summed E-state index contributed by atoms with van der Waals surface area (Å²) in [6, 6.07) is 5.91. The number of methoxy groups -OCH3 is 1. The van der Waals surface area contributed by atoms with Gasteiger partial charge in [0.2, 0.25) is 0 Å². The van der Waals surface area contributed by atoms with Gasteiger partial charge in [0.15, 0.2) is 0 Å². The van der Waals surface area contributed by atoms with E-state index in [9.17, 15) is 4.79 Å². The standard InChI is InChI=1S/C19H23N3O2/c1-21(2)10-8-15-13-22(19(23)14-5-4-9-20-12-14)18-11-16(24-3)6-7-17(15)18/h4,6-7,9,11-13,20H,5,8,10H2,1-3H3. The first-order valence-corrected chi connectivity index (χ1v) is 8.07. The zero-order valence-electron chi connectivity index (χ0n) is 14.4. The van der Waals surface area contributed by atoms with Gasteiger partial charge in [-0.1, -0.05) is 6.08 Å². The molecule has 24 heavy (non-hydrogen) atoms. The zero-order chi connectivity index (χ0) is 17.1. The van der Waals surface area contributed by atoms with E-state index in [0.717, 1.165) is 35.2 Å². The Morgan fingerprint density at radius 2 is 2.21 bits per heavy atom. The largest absolute Gasteiger partial charge is 0.497 e. The third kappa shape index (κ3) is 3.21. The van der Waals surface area contributed by atoms with Crippen LogP contribution in [0.5, 0.6) is 5.75 Å². The average molecular weight is 325 g/mol. The second kappa shape index (κ2) is 6.93. The summed E-state index contributed by atoms with van der Waals surface area (Å²) in [4.78, 5) is 15.1. The van der Waals surface area contributed by atoms with Gasteiger partial charge in [0.05, 0.1) is 12.6 Å². The van der Waals surface area contributed by atoms with Crippen LogP contribution in [-0.4, -0.2) is 43.1 Å². The number of hydrogen-bond donors (Lipinski definition) is 1. The van der Waals surface area contributed by atoms with Gasteiger partial charge in [-0.3, -0.25) is 9.36 Å². The van der Waals surface area contributed by atoms with Gasteiger partial charge in [0.25, 0.3) is 5.91 Å². The number of rotatable bonds is 5. The first kappa shape index (κ1) is 16.3. The monoisotopic (exact) mass is 325 g/mol. The number of ether oxygens (including phenoxy) is 1. The first-order chi connectivity index (χ1) is 11.6. The topological polar surface area (TPSA) is 46.5 Å². The van der Waals surface area contributed by atoms with Crippen molar-refractivity contribution in [3.8, 4) is 5.75 Å². The number of nitrogens with zero attached hydrogens (tertiary/aromatic N) is 2. The van der Waals surface area contributed by atoms with Crippen LogP contribution in [0.1, 0.15) is 16.8 Å². The van der Waals surface area contributed by atoms with Crippen LogP contribution in [0.15, 0.2) is 48.4 Å². The molecule has 1 aliphatic rings. The Kier molecular flexibility index (Phi) is 4.71. The number of hydrogen-bond acceptors (Lipinski definition) is 4. The maximum atomic E-state index is 12.9. The molecule has 2 heterocycles. The van der Waals surface area contributed by atoms with Crippen molar-refractivity contribution in [3.63, 3.8) is 0 Å². The lowest BCUT2D eigenvalue weighted by Crippen LogP contribution is -2.16. The Bertz CT molecular complexity index is 815. The minimum atomic E-state index is 0.00112. The number of dihydropyridines is 1. The maximum Gasteiger partial charge on any atom is 0.260 e. The lowest BCUT2D eigenvalue weighted by atomic mass is 10.1. The lowest BCUT2D eigenvalue weighted by molar-refractivity contribution is 0.0957. The molecule has 0 amide bonds. The van der Waals surface area contributed by atoms with Crippen molar-refractivity contribution in [3.05, 3.63) is 54.0 Å². The van der Waals surface area contributed by atoms with Crippen molar-refractivity contribution >= 4 is 16.8 Å². The van der Waals surface area contributed by atoms with E-state index in [1.54, 1.807) is 17.9 Å². The fourth-order valence-corrected chi connectivity index (χ4v) is 2.88. The summed E-state index contributed by atoms with van der Waals surface area (Å²) >= 11 is 0. The van der Waals surface area contributed by atoms with Crippen molar-refractivity contribution in [2.45, 2.75) is 12.8 Å². The molecule has 1 aromatic carbocycles. The van der Waals surface area contributed by atoms with Gasteiger partial charge in [0, 0.05) is 36.0 Å². The van der Waals surface area contributed by atoms with Crippen molar-refractivity contribution in [2.75, 3.05) is 27.7 Å². The highest BCUT2D eigenvalue weighted by Crippen LogP contribution is 2.27. The van der Waals surface area contributed by atoms with Crippen LogP contribution in [0, 0.1) is 0 Å². The number of aromatic nitrogens is 1. The van der Waals surface area contributed by atoms with E-state index in [2.05, 4.69) is 24.3 Å². The Labute approximate surface area is 142 Å². The fraction of sp³-hybridized carbons (Fsp3) is 0.316. The predicted octanol–water partition coefficient (Wildman–Crippen LogP) is 2.79. The van der Waals surface area contributed by atoms with Crippen LogP contribution >= 0.6 is 0 Å². The molecular formula is C19H23N3O2. The molecule has 0 radical (unpaired) electrons. The molecule has 5 heteroatoms. The molecule has 0 saturated heterocycles. The van der Waals surface area contributed by atoms with Crippen LogP contribution in [-0.2, 0) is 6.42 Å². The number of carbonyl (C=O) groups is 1. The fourth-order valence-electron chi connectivity index (χ4n) is 2.88. The van der Waals surface area contributed by atoms with Gasteiger partial charge in [-0.15, -0.1) is 0 Å². The summed E-state index contributed by atoms with van der Waals surface area (Å²) in [5.74, 6) is 0.755. The number of likely N-dealkylation sites (N-methyl/N-ethyl adjacent to an activating group) is 1. The molecule has 0 spiro atoms. The van der Waals surface area contributed by atoms with Crippen LogP contribution in [0.4, 0.5) is 0 Å². The summed E-state index contributed by atoms with van der Waals surface area (Å²) in [6.45, 7) is 0.937. The summed E-state index contributed by atoms with van der Waals surface area (Å²) in [5.41, 5.74) is 2.81. The minimum absolute atomic E-state index is 0.00112. The molecular weight excluding hydrogens is 302 g/mol. The van der Waals surface area contributed by atoms with Crippen molar-refractivity contribution in [2.24, 2.45) is 0 Å². The maximum absolute atomic E-state index is 12.9. The quantitative estimate of drug-likeness (QED) is 0.918.